The number of halogens is 1. The van der Waals surface area contributed by atoms with Crippen molar-refractivity contribution in [1.82, 2.24) is 0 Å². The Hall–Kier alpha value is -1.50. The van der Waals surface area contributed by atoms with Gasteiger partial charge in [-0.3, -0.25) is 5.73 Å². The van der Waals surface area contributed by atoms with Crippen LogP contribution in [0.2, 0.25) is 0 Å². The summed E-state index contributed by atoms with van der Waals surface area (Å²) in [5.41, 5.74) is 7.53. The molecule has 0 aromatic heterocycles. The summed E-state index contributed by atoms with van der Waals surface area (Å²) in [4.78, 5) is 0.348. The van der Waals surface area contributed by atoms with Gasteiger partial charge in [0.05, 0.1) is 25.7 Å². The first kappa shape index (κ1) is 15.9. The SMILES string of the molecule is Cc1ccc(C2=CC=C(C#N)C(N)=S2O[Cl+3]([O-])([O-])[O-])cc1. The molecule has 1 aliphatic heterocycles. The molecule has 1 aromatic rings. The first-order chi connectivity index (χ1) is 9.81. The molecule has 8 heteroatoms. The molecule has 6 nitrogen and oxygen atoms in total. The zero-order chi connectivity index (χ0) is 15.6. The lowest BCUT2D eigenvalue weighted by atomic mass is 10.1. The Bertz CT molecular complexity index is 696. The Kier molecular flexibility index (Phi) is 4.61. The Balaban J connectivity index is 2.53. The lowest BCUT2D eigenvalue weighted by Gasteiger charge is -2.19. The quantitative estimate of drug-likeness (QED) is 0.708. The lowest BCUT2D eigenvalue weighted by Crippen LogP contribution is -2.60. The maximum Gasteiger partial charge on any atom is 0.159 e. The highest BCUT2D eigenvalue weighted by molar-refractivity contribution is 8.20. The first-order valence-corrected chi connectivity index (χ1v) is 8.07. The van der Waals surface area contributed by atoms with Gasteiger partial charge in [0.2, 0.25) is 0 Å². The van der Waals surface area contributed by atoms with Crippen LogP contribution in [0.4, 0.5) is 0 Å². The number of aryl methyl sites for hydroxylation is 1. The second kappa shape index (κ2) is 6.09. The second-order valence-corrected chi connectivity index (χ2v) is 6.84. The molecule has 0 spiro atoms. The van der Waals surface area contributed by atoms with E-state index >= 15 is 0 Å². The highest BCUT2D eigenvalue weighted by atomic mass is 35.7. The van der Waals surface area contributed by atoms with E-state index in [0.29, 0.717) is 10.5 Å². The number of nitrogens with zero attached hydrogens (tertiary/aromatic N) is 1. The van der Waals surface area contributed by atoms with Crippen LogP contribution in [-0.2, 0) is 3.74 Å². The minimum absolute atomic E-state index is 0.0769. The van der Waals surface area contributed by atoms with Crippen LogP contribution < -0.4 is 19.7 Å². The van der Waals surface area contributed by atoms with Gasteiger partial charge < -0.3 is 0 Å². The molecule has 1 aliphatic rings. The van der Waals surface area contributed by atoms with E-state index in [9.17, 15) is 14.0 Å². The van der Waals surface area contributed by atoms with Crippen molar-refractivity contribution in [2.45, 2.75) is 6.92 Å². The lowest BCUT2D eigenvalue weighted by molar-refractivity contribution is -1.91. The fourth-order valence-electron chi connectivity index (χ4n) is 1.68. The molecule has 1 heterocycles. The number of hydrogen-bond acceptors (Lipinski definition) is 6. The molecule has 1 atom stereocenters. The summed E-state index contributed by atoms with van der Waals surface area (Å²) < 4.78 is 37.1. The normalized spacial score (nSPS) is 18.9. The summed E-state index contributed by atoms with van der Waals surface area (Å²) in [5.74, 6) is 0. The molecule has 0 aliphatic carbocycles. The standard InChI is InChI=1S/C13H11ClN2O4S/c1-9-2-4-10(5-3-9)12-7-6-11(8-15)13(16)21(12)20-14(17,18)19/h2-7H,16H2,1H3. The molecule has 2 N–H and O–H groups in total. The fourth-order valence-corrected chi connectivity index (χ4v) is 3.93. The van der Waals surface area contributed by atoms with Crippen molar-refractivity contribution < 1.29 is 28.0 Å². The van der Waals surface area contributed by atoms with Crippen LogP contribution in [0, 0.1) is 28.5 Å². The van der Waals surface area contributed by atoms with Crippen LogP contribution >= 0.6 is 10.8 Å². The molecule has 0 saturated heterocycles. The zero-order valence-corrected chi connectivity index (χ0v) is 12.5. The maximum absolute atomic E-state index is 10.9. The largest absolute Gasteiger partial charge is 0.294 e. The minimum atomic E-state index is -4.66. The monoisotopic (exact) mass is 326 g/mol. The molecule has 2 rings (SSSR count). The third kappa shape index (κ3) is 3.78. The highest BCUT2D eigenvalue weighted by Crippen LogP contribution is 2.40. The summed E-state index contributed by atoms with van der Waals surface area (Å²) in [6, 6.07) is 9.02. The maximum atomic E-state index is 10.9. The molecule has 1 unspecified atom stereocenters. The van der Waals surface area contributed by atoms with E-state index in [2.05, 4.69) is 3.74 Å². The molecule has 21 heavy (non-hydrogen) atoms. The van der Waals surface area contributed by atoms with Crippen LogP contribution in [0.1, 0.15) is 11.1 Å². The van der Waals surface area contributed by atoms with E-state index in [-0.39, 0.29) is 10.6 Å². The Morgan fingerprint density at radius 1 is 1.19 bits per heavy atom. The van der Waals surface area contributed by atoms with E-state index < -0.39 is 21.0 Å². The van der Waals surface area contributed by atoms with Crippen molar-refractivity contribution in [3.63, 3.8) is 0 Å². The summed E-state index contributed by atoms with van der Waals surface area (Å²) >= 11 is 0. The van der Waals surface area contributed by atoms with Gasteiger partial charge >= 0.3 is 0 Å². The van der Waals surface area contributed by atoms with Crippen molar-refractivity contribution in [1.29, 1.82) is 5.26 Å². The van der Waals surface area contributed by atoms with Crippen LogP contribution in [-0.4, -0.2) is 4.99 Å². The molecular formula is C13H11ClN2O4S. The Labute approximate surface area is 126 Å². The molecule has 1 aromatic carbocycles. The average molecular weight is 327 g/mol. The van der Waals surface area contributed by atoms with Crippen molar-refractivity contribution in [3.05, 3.63) is 53.1 Å². The van der Waals surface area contributed by atoms with Gasteiger partial charge in [-0.15, -0.1) is 0 Å². The minimum Gasteiger partial charge on any atom is -0.294 e. The summed E-state index contributed by atoms with van der Waals surface area (Å²) in [5, 5.41) is 8.94. The first-order valence-electron chi connectivity index (χ1n) is 5.69. The van der Waals surface area contributed by atoms with Gasteiger partial charge in [0.15, 0.2) is 10.8 Å². The van der Waals surface area contributed by atoms with Crippen molar-refractivity contribution in [3.8, 4) is 6.07 Å². The number of allylic oxidation sites excluding steroid dienone is 2. The molecule has 0 bridgehead atoms. The number of hydrogen-bond donors (Lipinski definition) is 1. The Morgan fingerprint density at radius 3 is 2.33 bits per heavy atom. The number of benzene rings is 1. The van der Waals surface area contributed by atoms with E-state index in [1.165, 1.54) is 12.2 Å². The third-order valence-corrected chi connectivity index (χ3v) is 5.17. The molecule has 0 fully saturated rings. The summed E-state index contributed by atoms with van der Waals surface area (Å²) in [6.45, 7) is 1.91. The summed E-state index contributed by atoms with van der Waals surface area (Å²) in [7, 11) is -6.30. The highest BCUT2D eigenvalue weighted by Gasteiger charge is 2.31. The zero-order valence-electron chi connectivity index (χ0n) is 10.9. The van der Waals surface area contributed by atoms with Gasteiger partial charge in [0.1, 0.15) is 9.80 Å². The van der Waals surface area contributed by atoms with Crippen LogP contribution in [0.15, 0.2) is 42.0 Å². The second-order valence-electron chi connectivity index (χ2n) is 4.16. The predicted molar refractivity (Wildman–Crippen MR) is 70.7 cm³/mol. The van der Waals surface area contributed by atoms with Gasteiger partial charge in [0.25, 0.3) is 0 Å². The fraction of sp³-hybridized carbons (Fsp3) is 0.0769. The van der Waals surface area contributed by atoms with Crippen molar-refractivity contribution in [2.75, 3.05) is 0 Å². The van der Waals surface area contributed by atoms with Crippen molar-refractivity contribution >= 4 is 20.7 Å². The number of nitriles is 1. The molecule has 110 valence electrons. The molecular weight excluding hydrogens is 316 g/mol. The van der Waals surface area contributed by atoms with E-state index in [1.807, 2.05) is 25.1 Å². The summed E-state index contributed by atoms with van der Waals surface area (Å²) in [6.07, 6.45) is 3.00. The third-order valence-electron chi connectivity index (χ3n) is 2.66. The van der Waals surface area contributed by atoms with Gasteiger partial charge in [-0.1, -0.05) is 29.8 Å². The number of rotatable bonds is 3. The molecule has 0 saturated carbocycles. The van der Waals surface area contributed by atoms with Gasteiger partial charge in [-0.2, -0.15) is 19.2 Å². The topological polar surface area (TPSA) is 128 Å². The average Bonchev–Trinajstić information content (AvgIpc) is 2.41. The Morgan fingerprint density at radius 2 is 1.81 bits per heavy atom. The van der Waals surface area contributed by atoms with E-state index in [4.69, 9.17) is 11.0 Å². The van der Waals surface area contributed by atoms with Gasteiger partial charge in [-0.05, 0) is 24.6 Å². The van der Waals surface area contributed by atoms with Gasteiger partial charge in [-0.25, -0.2) is 0 Å². The van der Waals surface area contributed by atoms with Crippen LogP contribution in [0.25, 0.3) is 4.91 Å². The smallest absolute Gasteiger partial charge is 0.159 e. The van der Waals surface area contributed by atoms with E-state index in [1.54, 1.807) is 12.1 Å². The van der Waals surface area contributed by atoms with Crippen LogP contribution in [0.3, 0.4) is 0 Å². The van der Waals surface area contributed by atoms with E-state index in [0.717, 1.165) is 5.56 Å². The molecule has 0 radical (unpaired) electrons. The number of nitrogens with two attached hydrogens (primary N) is 1. The van der Waals surface area contributed by atoms with Crippen LogP contribution in [0.5, 0.6) is 0 Å². The van der Waals surface area contributed by atoms with Gasteiger partial charge in [0, 0.05) is 0 Å². The molecule has 0 amide bonds. The van der Waals surface area contributed by atoms with Crippen molar-refractivity contribution in [2.24, 2.45) is 5.73 Å². The predicted octanol–water partition coefficient (Wildman–Crippen LogP) is -1.01.